The summed E-state index contributed by atoms with van der Waals surface area (Å²) in [6, 6.07) is 10.3. The highest BCUT2D eigenvalue weighted by molar-refractivity contribution is 5.99. The second-order valence-electron chi connectivity index (χ2n) is 8.72. The fourth-order valence-electron chi connectivity index (χ4n) is 5.25. The molecule has 1 saturated heterocycles. The van der Waals surface area contributed by atoms with E-state index < -0.39 is 0 Å². The molecule has 0 radical (unpaired) electrons. The van der Waals surface area contributed by atoms with Crippen LogP contribution in [-0.2, 0) is 10.3 Å². The van der Waals surface area contributed by atoms with E-state index in [0.717, 1.165) is 55.9 Å². The molecule has 1 aliphatic carbocycles. The van der Waals surface area contributed by atoms with Crippen LogP contribution >= 0.6 is 0 Å². The van der Waals surface area contributed by atoms with E-state index in [1.54, 1.807) is 0 Å². The Morgan fingerprint density at radius 2 is 1.87 bits per heavy atom. The van der Waals surface area contributed by atoms with Gasteiger partial charge in [0, 0.05) is 42.6 Å². The minimum absolute atomic E-state index is 0.0243. The maximum atomic E-state index is 12.5. The Bertz CT molecular complexity index is 1130. The van der Waals surface area contributed by atoms with Crippen LogP contribution in [0.15, 0.2) is 36.5 Å². The van der Waals surface area contributed by atoms with Crippen molar-refractivity contribution in [3.05, 3.63) is 42.2 Å². The topological polar surface area (TPSA) is 84.3 Å². The van der Waals surface area contributed by atoms with Crippen LogP contribution in [0.25, 0.3) is 11.0 Å². The molecule has 3 aromatic rings. The SMILES string of the molecule is O=C1NCC2(CCCC2)n2c1cc1cnc(Nc3ccc(N4CCOCC4)cc3)nc12. The molecule has 2 aromatic heterocycles. The first-order valence-corrected chi connectivity index (χ1v) is 11.1. The number of nitrogens with one attached hydrogen (secondary N) is 2. The number of aromatic nitrogens is 3. The highest BCUT2D eigenvalue weighted by Crippen LogP contribution is 2.41. The molecule has 0 unspecified atom stereocenters. The molecule has 3 aliphatic rings. The van der Waals surface area contributed by atoms with E-state index in [2.05, 4.69) is 49.4 Å². The maximum absolute atomic E-state index is 12.5. The summed E-state index contributed by atoms with van der Waals surface area (Å²) in [6.07, 6.45) is 6.31. The summed E-state index contributed by atoms with van der Waals surface area (Å²) < 4.78 is 7.62. The Morgan fingerprint density at radius 3 is 2.65 bits per heavy atom. The average molecular weight is 419 g/mol. The van der Waals surface area contributed by atoms with Crippen molar-refractivity contribution in [1.29, 1.82) is 0 Å². The highest BCUT2D eigenvalue weighted by atomic mass is 16.5. The first-order chi connectivity index (χ1) is 15.2. The fourth-order valence-corrected chi connectivity index (χ4v) is 5.25. The number of carbonyl (C=O) groups excluding carboxylic acids is 1. The van der Waals surface area contributed by atoms with Crippen LogP contribution in [-0.4, -0.2) is 53.3 Å². The summed E-state index contributed by atoms with van der Waals surface area (Å²) in [6.45, 7) is 4.06. The Balaban J connectivity index is 1.31. The molecule has 0 bridgehead atoms. The third kappa shape index (κ3) is 3.13. The number of morpholine rings is 1. The molecule has 2 aliphatic heterocycles. The van der Waals surface area contributed by atoms with Crippen LogP contribution in [0.4, 0.5) is 17.3 Å². The van der Waals surface area contributed by atoms with Gasteiger partial charge >= 0.3 is 0 Å². The Hall–Kier alpha value is -3.13. The van der Waals surface area contributed by atoms with E-state index in [1.807, 2.05) is 12.3 Å². The van der Waals surface area contributed by atoms with E-state index in [4.69, 9.17) is 9.72 Å². The van der Waals surface area contributed by atoms with E-state index in [-0.39, 0.29) is 11.4 Å². The molecule has 1 aromatic carbocycles. The average Bonchev–Trinajstić information content (AvgIpc) is 3.43. The van der Waals surface area contributed by atoms with Gasteiger partial charge in [-0.2, -0.15) is 4.98 Å². The number of hydrogen-bond donors (Lipinski definition) is 2. The van der Waals surface area contributed by atoms with Gasteiger partial charge in [-0.3, -0.25) is 4.79 Å². The van der Waals surface area contributed by atoms with Crippen LogP contribution in [0.5, 0.6) is 0 Å². The van der Waals surface area contributed by atoms with Gasteiger partial charge in [-0.05, 0) is 43.2 Å². The van der Waals surface area contributed by atoms with Crippen molar-refractivity contribution in [2.45, 2.75) is 31.2 Å². The third-order valence-electron chi connectivity index (χ3n) is 6.86. The van der Waals surface area contributed by atoms with E-state index in [1.165, 1.54) is 18.5 Å². The van der Waals surface area contributed by atoms with Gasteiger partial charge in [-0.15, -0.1) is 0 Å². The molecule has 0 atom stereocenters. The van der Waals surface area contributed by atoms with Crippen molar-refractivity contribution >= 4 is 34.3 Å². The Kier molecular flexibility index (Phi) is 4.34. The molecular formula is C23H26N6O2. The zero-order valence-corrected chi connectivity index (χ0v) is 17.4. The fraction of sp³-hybridized carbons (Fsp3) is 0.435. The molecule has 8 heteroatoms. The number of amides is 1. The molecular weight excluding hydrogens is 392 g/mol. The number of hydrogen-bond acceptors (Lipinski definition) is 6. The van der Waals surface area contributed by atoms with Crippen LogP contribution in [0.3, 0.4) is 0 Å². The van der Waals surface area contributed by atoms with E-state index in [0.29, 0.717) is 18.2 Å². The van der Waals surface area contributed by atoms with Gasteiger partial charge in [0.1, 0.15) is 11.3 Å². The van der Waals surface area contributed by atoms with Crippen LogP contribution in [0.1, 0.15) is 36.2 Å². The summed E-state index contributed by atoms with van der Waals surface area (Å²) in [5.74, 6) is 0.524. The van der Waals surface area contributed by atoms with Crippen molar-refractivity contribution < 1.29 is 9.53 Å². The number of ether oxygens (including phenoxy) is 1. The number of benzene rings is 1. The van der Waals surface area contributed by atoms with Crippen molar-refractivity contribution in [1.82, 2.24) is 19.9 Å². The van der Waals surface area contributed by atoms with E-state index in [9.17, 15) is 4.79 Å². The number of fused-ring (bicyclic) bond motifs is 4. The minimum Gasteiger partial charge on any atom is -0.378 e. The van der Waals surface area contributed by atoms with Gasteiger partial charge in [-0.1, -0.05) is 12.8 Å². The Labute approximate surface area is 180 Å². The molecule has 1 amide bonds. The number of anilines is 3. The Morgan fingerprint density at radius 1 is 1.10 bits per heavy atom. The zero-order chi connectivity index (χ0) is 20.8. The molecule has 31 heavy (non-hydrogen) atoms. The minimum atomic E-state index is -0.0591. The number of nitrogens with zero attached hydrogens (tertiary/aromatic N) is 4. The third-order valence-corrected chi connectivity index (χ3v) is 6.86. The second-order valence-corrected chi connectivity index (χ2v) is 8.72. The summed E-state index contributed by atoms with van der Waals surface area (Å²) in [5.41, 5.74) is 3.62. The first-order valence-electron chi connectivity index (χ1n) is 11.1. The van der Waals surface area contributed by atoms with Crippen molar-refractivity contribution in [2.75, 3.05) is 43.1 Å². The lowest BCUT2D eigenvalue weighted by Crippen LogP contribution is -2.50. The number of rotatable bonds is 3. The second kappa shape index (κ2) is 7.23. The van der Waals surface area contributed by atoms with Gasteiger partial charge in [0.05, 0.1) is 18.8 Å². The molecule has 2 N–H and O–H groups in total. The van der Waals surface area contributed by atoms with Gasteiger partial charge in [0.15, 0.2) is 0 Å². The van der Waals surface area contributed by atoms with Gasteiger partial charge in [0.25, 0.3) is 5.91 Å². The summed E-state index contributed by atoms with van der Waals surface area (Å²) in [5, 5.41) is 7.33. The normalized spacial score (nSPS) is 20.1. The monoisotopic (exact) mass is 418 g/mol. The lowest BCUT2D eigenvalue weighted by molar-refractivity contribution is 0.0876. The lowest BCUT2D eigenvalue weighted by atomic mass is 9.94. The van der Waals surface area contributed by atoms with Gasteiger partial charge in [-0.25, -0.2) is 4.98 Å². The highest BCUT2D eigenvalue weighted by Gasteiger charge is 2.42. The summed E-state index contributed by atoms with van der Waals surface area (Å²) in [4.78, 5) is 24.2. The lowest BCUT2D eigenvalue weighted by Gasteiger charge is -2.37. The smallest absolute Gasteiger partial charge is 0.268 e. The van der Waals surface area contributed by atoms with Gasteiger partial charge in [0.2, 0.25) is 5.95 Å². The number of carbonyl (C=O) groups is 1. The van der Waals surface area contributed by atoms with Crippen LogP contribution in [0, 0.1) is 0 Å². The quantitative estimate of drug-likeness (QED) is 0.680. The molecule has 160 valence electrons. The standard InChI is InChI=1S/C23H26N6O2/c30-21-19-13-16-14-24-22(27-20(16)29(19)23(15-25-21)7-1-2-8-23)26-17-3-5-18(6-4-17)28-9-11-31-12-10-28/h3-6,13-14H,1-2,7-12,15H2,(H,25,30)(H,24,26,27). The van der Waals surface area contributed by atoms with Crippen molar-refractivity contribution in [2.24, 2.45) is 0 Å². The summed E-state index contributed by atoms with van der Waals surface area (Å²) in [7, 11) is 0. The molecule has 6 rings (SSSR count). The van der Waals surface area contributed by atoms with Crippen LogP contribution < -0.4 is 15.5 Å². The molecule has 8 nitrogen and oxygen atoms in total. The molecule has 1 spiro atoms. The van der Waals surface area contributed by atoms with Crippen LogP contribution in [0.2, 0.25) is 0 Å². The zero-order valence-electron chi connectivity index (χ0n) is 17.4. The van der Waals surface area contributed by atoms with Gasteiger partial charge < -0.3 is 24.8 Å². The van der Waals surface area contributed by atoms with Crippen molar-refractivity contribution in [3.63, 3.8) is 0 Å². The molecule has 1 saturated carbocycles. The van der Waals surface area contributed by atoms with Crippen molar-refractivity contribution in [3.8, 4) is 0 Å². The maximum Gasteiger partial charge on any atom is 0.268 e. The predicted octanol–water partition coefficient (Wildman–Crippen LogP) is 3.02. The molecule has 2 fully saturated rings. The predicted molar refractivity (Wildman–Crippen MR) is 119 cm³/mol. The first kappa shape index (κ1) is 18.6. The summed E-state index contributed by atoms with van der Waals surface area (Å²) >= 11 is 0. The molecule has 4 heterocycles. The largest absolute Gasteiger partial charge is 0.378 e. The van der Waals surface area contributed by atoms with E-state index >= 15 is 0 Å².